The molecule has 0 aromatic carbocycles. The first-order valence-electron chi connectivity index (χ1n) is 6.88. The van der Waals surface area contributed by atoms with Crippen molar-refractivity contribution >= 4 is 11.8 Å². The smallest absolute Gasteiger partial charge is 0.306 e. The molecule has 0 saturated heterocycles. The van der Waals surface area contributed by atoms with Gasteiger partial charge in [0, 0.05) is 12.8 Å². The molecule has 0 aliphatic heterocycles. The minimum absolute atomic E-state index is 0.188. The van der Waals surface area contributed by atoms with E-state index in [9.17, 15) is 9.59 Å². The van der Waals surface area contributed by atoms with Gasteiger partial charge < -0.3 is 4.74 Å². The fourth-order valence-corrected chi connectivity index (χ4v) is 1.70. The Bertz CT molecular complexity index is 212. The molecule has 0 unspecified atom stereocenters. The number of unbranched alkanes of at least 4 members (excludes halogenated alkanes) is 5. The van der Waals surface area contributed by atoms with Crippen molar-refractivity contribution in [3.05, 3.63) is 0 Å². The molecule has 0 amide bonds. The van der Waals surface area contributed by atoms with Crippen LogP contribution >= 0.6 is 0 Å². The fourth-order valence-electron chi connectivity index (χ4n) is 1.70. The molecule has 0 aliphatic carbocycles. The predicted octanol–water partition coefficient (Wildman–Crippen LogP) is 3.65. The number of hydrogen-bond acceptors (Lipinski definition) is 3. The second-order valence-corrected chi connectivity index (χ2v) is 4.36. The number of carbonyl (C=O) groups excluding carboxylic acids is 2. The summed E-state index contributed by atoms with van der Waals surface area (Å²) in [6.07, 6.45) is 8.32. The van der Waals surface area contributed by atoms with Crippen molar-refractivity contribution in [2.24, 2.45) is 0 Å². The third kappa shape index (κ3) is 11.4. The van der Waals surface area contributed by atoms with Crippen LogP contribution in [0.15, 0.2) is 0 Å². The lowest BCUT2D eigenvalue weighted by atomic mass is 10.1. The third-order valence-corrected chi connectivity index (χ3v) is 2.72. The SMILES string of the molecule is CCCCCCCCC(=O)CCC(=O)OCC. The number of hydrogen-bond donors (Lipinski definition) is 0. The van der Waals surface area contributed by atoms with Crippen LogP contribution in [0.4, 0.5) is 0 Å². The molecule has 0 atom stereocenters. The highest BCUT2D eigenvalue weighted by Crippen LogP contribution is 2.08. The van der Waals surface area contributed by atoms with E-state index in [0.717, 1.165) is 12.8 Å². The van der Waals surface area contributed by atoms with Crippen molar-refractivity contribution in [2.45, 2.75) is 71.6 Å². The lowest BCUT2D eigenvalue weighted by Gasteiger charge is -2.02. The molecule has 100 valence electrons. The highest BCUT2D eigenvalue weighted by atomic mass is 16.5. The summed E-state index contributed by atoms with van der Waals surface area (Å²) in [5, 5.41) is 0. The Hall–Kier alpha value is -0.860. The fraction of sp³-hybridized carbons (Fsp3) is 0.857. The summed E-state index contributed by atoms with van der Waals surface area (Å²) < 4.78 is 4.77. The van der Waals surface area contributed by atoms with Crippen molar-refractivity contribution in [1.29, 1.82) is 0 Å². The lowest BCUT2D eigenvalue weighted by Crippen LogP contribution is -2.07. The largest absolute Gasteiger partial charge is 0.466 e. The second-order valence-electron chi connectivity index (χ2n) is 4.36. The predicted molar refractivity (Wildman–Crippen MR) is 68.9 cm³/mol. The van der Waals surface area contributed by atoms with Crippen molar-refractivity contribution < 1.29 is 14.3 Å². The first-order valence-corrected chi connectivity index (χ1v) is 6.88. The molecule has 0 aliphatic rings. The molecule has 0 aromatic heterocycles. The van der Waals surface area contributed by atoms with E-state index in [0.29, 0.717) is 19.4 Å². The zero-order chi connectivity index (χ0) is 12.9. The molecule has 0 fully saturated rings. The van der Waals surface area contributed by atoms with Crippen LogP contribution in [0.2, 0.25) is 0 Å². The van der Waals surface area contributed by atoms with E-state index in [1.54, 1.807) is 6.92 Å². The van der Waals surface area contributed by atoms with Crippen LogP contribution < -0.4 is 0 Å². The van der Waals surface area contributed by atoms with Gasteiger partial charge in [-0.1, -0.05) is 39.0 Å². The third-order valence-electron chi connectivity index (χ3n) is 2.72. The van der Waals surface area contributed by atoms with Crippen LogP contribution in [0.25, 0.3) is 0 Å². The van der Waals surface area contributed by atoms with Gasteiger partial charge in [0.1, 0.15) is 5.78 Å². The molecule has 0 spiro atoms. The average Bonchev–Trinajstić information content (AvgIpc) is 2.31. The number of carbonyl (C=O) groups is 2. The van der Waals surface area contributed by atoms with E-state index in [2.05, 4.69) is 6.92 Å². The van der Waals surface area contributed by atoms with Gasteiger partial charge in [0.2, 0.25) is 0 Å². The standard InChI is InChI=1S/C14H26O3/c1-3-5-6-7-8-9-10-13(15)11-12-14(16)17-4-2/h3-12H2,1-2H3. The highest BCUT2D eigenvalue weighted by Gasteiger charge is 2.07. The Labute approximate surface area is 105 Å². The minimum atomic E-state index is -0.260. The number of esters is 1. The van der Waals surface area contributed by atoms with Gasteiger partial charge in [-0.3, -0.25) is 9.59 Å². The van der Waals surface area contributed by atoms with Gasteiger partial charge in [0.05, 0.1) is 13.0 Å². The Kier molecular flexibility index (Phi) is 11.0. The Morgan fingerprint density at radius 2 is 1.47 bits per heavy atom. The summed E-state index contributed by atoms with van der Waals surface area (Å²) in [7, 11) is 0. The topological polar surface area (TPSA) is 43.4 Å². The second kappa shape index (κ2) is 11.6. The molecule has 3 nitrogen and oxygen atoms in total. The molecule has 0 heterocycles. The van der Waals surface area contributed by atoms with Gasteiger partial charge in [-0.15, -0.1) is 0 Å². The highest BCUT2D eigenvalue weighted by molar-refractivity contribution is 5.82. The number of Topliss-reactive ketones (excluding diaryl/α,β-unsaturated/α-hetero) is 1. The van der Waals surface area contributed by atoms with Gasteiger partial charge in [-0.2, -0.15) is 0 Å². The summed E-state index contributed by atoms with van der Waals surface area (Å²) in [5.74, 6) is -0.0719. The first kappa shape index (κ1) is 16.1. The van der Waals surface area contributed by atoms with Crippen LogP contribution in [-0.2, 0) is 14.3 Å². The Morgan fingerprint density at radius 1 is 0.824 bits per heavy atom. The maximum atomic E-state index is 11.4. The quantitative estimate of drug-likeness (QED) is 0.410. The molecule has 0 radical (unpaired) electrons. The van der Waals surface area contributed by atoms with E-state index in [1.165, 1.54) is 25.7 Å². The van der Waals surface area contributed by atoms with E-state index in [1.807, 2.05) is 0 Å². The molecule has 0 rings (SSSR count). The van der Waals surface area contributed by atoms with Crippen LogP contribution in [0.3, 0.4) is 0 Å². The molecule has 3 heteroatoms. The van der Waals surface area contributed by atoms with Crippen LogP contribution in [-0.4, -0.2) is 18.4 Å². The molecule has 0 N–H and O–H groups in total. The van der Waals surface area contributed by atoms with E-state index >= 15 is 0 Å². The van der Waals surface area contributed by atoms with E-state index < -0.39 is 0 Å². The summed E-state index contributed by atoms with van der Waals surface area (Å²) >= 11 is 0. The maximum Gasteiger partial charge on any atom is 0.306 e. The Morgan fingerprint density at radius 3 is 2.12 bits per heavy atom. The van der Waals surface area contributed by atoms with E-state index in [4.69, 9.17) is 4.74 Å². The monoisotopic (exact) mass is 242 g/mol. The van der Waals surface area contributed by atoms with Gasteiger partial charge in [0.25, 0.3) is 0 Å². The lowest BCUT2D eigenvalue weighted by molar-refractivity contribution is -0.144. The summed E-state index contributed by atoms with van der Waals surface area (Å²) in [5.41, 5.74) is 0. The number of ketones is 1. The van der Waals surface area contributed by atoms with Crippen molar-refractivity contribution in [2.75, 3.05) is 6.61 Å². The molecule has 17 heavy (non-hydrogen) atoms. The number of rotatable bonds is 11. The first-order chi connectivity index (χ1) is 8.20. The van der Waals surface area contributed by atoms with Crippen molar-refractivity contribution in [1.82, 2.24) is 0 Å². The molecule has 0 saturated carbocycles. The van der Waals surface area contributed by atoms with Gasteiger partial charge >= 0.3 is 5.97 Å². The minimum Gasteiger partial charge on any atom is -0.466 e. The summed E-state index contributed by atoms with van der Waals surface area (Å²) in [6, 6.07) is 0. The van der Waals surface area contributed by atoms with Gasteiger partial charge in [-0.05, 0) is 13.3 Å². The average molecular weight is 242 g/mol. The van der Waals surface area contributed by atoms with Gasteiger partial charge in [-0.25, -0.2) is 0 Å². The zero-order valence-corrected chi connectivity index (χ0v) is 11.3. The van der Waals surface area contributed by atoms with E-state index in [-0.39, 0.29) is 18.2 Å². The molecular weight excluding hydrogens is 216 g/mol. The van der Waals surface area contributed by atoms with Crippen LogP contribution in [0.1, 0.15) is 71.6 Å². The Balaban J connectivity index is 3.31. The normalized spacial score (nSPS) is 10.2. The van der Waals surface area contributed by atoms with Crippen molar-refractivity contribution in [3.63, 3.8) is 0 Å². The number of ether oxygens (including phenoxy) is 1. The molecule has 0 aromatic rings. The van der Waals surface area contributed by atoms with Crippen LogP contribution in [0.5, 0.6) is 0 Å². The summed E-state index contributed by atoms with van der Waals surface area (Å²) in [4.78, 5) is 22.5. The molecule has 0 bridgehead atoms. The zero-order valence-electron chi connectivity index (χ0n) is 11.3. The van der Waals surface area contributed by atoms with Crippen LogP contribution in [0, 0.1) is 0 Å². The van der Waals surface area contributed by atoms with Crippen molar-refractivity contribution in [3.8, 4) is 0 Å². The summed E-state index contributed by atoms with van der Waals surface area (Å²) in [6.45, 7) is 4.36. The maximum absolute atomic E-state index is 11.4. The van der Waals surface area contributed by atoms with Gasteiger partial charge in [0.15, 0.2) is 0 Å². The molecular formula is C14H26O3.